The fourth-order valence-corrected chi connectivity index (χ4v) is 2.73. The van der Waals surface area contributed by atoms with Crippen molar-refractivity contribution in [1.29, 1.82) is 0 Å². The molecule has 1 amide bonds. The number of aryl methyl sites for hydroxylation is 1. The molecule has 1 aromatic carbocycles. The van der Waals surface area contributed by atoms with Crippen molar-refractivity contribution < 1.29 is 4.79 Å². The third-order valence-electron chi connectivity index (χ3n) is 3.35. The van der Waals surface area contributed by atoms with E-state index in [-0.39, 0.29) is 24.2 Å². The number of rotatable bonds is 6. The average Bonchev–Trinajstić information content (AvgIpc) is 2.96. The molecule has 1 atom stereocenters. The van der Waals surface area contributed by atoms with E-state index in [9.17, 15) is 4.79 Å². The number of aromatic nitrogens is 1. The number of nitrogens with one attached hydrogen (secondary N) is 2. The van der Waals surface area contributed by atoms with Crippen LogP contribution in [0.5, 0.6) is 0 Å². The van der Waals surface area contributed by atoms with E-state index >= 15 is 0 Å². The molecule has 0 fully saturated rings. The van der Waals surface area contributed by atoms with Crippen LogP contribution in [-0.4, -0.2) is 24.5 Å². The van der Waals surface area contributed by atoms with Crippen molar-refractivity contribution in [2.24, 2.45) is 5.92 Å². The number of carbonyl (C=O) groups is 1. The molecule has 2 N–H and O–H groups in total. The summed E-state index contributed by atoms with van der Waals surface area (Å²) in [6, 6.07) is 8.37. The normalized spacial score (nSPS) is 11.6. The van der Waals surface area contributed by atoms with E-state index in [4.69, 9.17) is 0 Å². The van der Waals surface area contributed by atoms with E-state index in [1.54, 1.807) is 0 Å². The Kier molecular flexibility index (Phi) is 7.51. The summed E-state index contributed by atoms with van der Waals surface area (Å²) in [6.07, 6.45) is 1.03. The van der Waals surface area contributed by atoms with Gasteiger partial charge in [-0.3, -0.25) is 4.79 Å². The zero-order valence-electron chi connectivity index (χ0n) is 13.1. The van der Waals surface area contributed by atoms with Crippen molar-refractivity contribution in [2.75, 3.05) is 18.9 Å². The highest BCUT2D eigenvalue weighted by Crippen LogP contribution is 2.25. The summed E-state index contributed by atoms with van der Waals surface area (Å²) in [7, 11) is 1.84. The largest absolute Gasteiger partial charge is 0.319 e. The minimum absolute atomic E-state index is 0. The quantitative estimate of drug-likeness (QED) is 0.845. The van der Waals surface area contributed by atoms with Crippen LogP contribution in [0.25, 0.3) is 11.3 Å². The predicted molar refractivity (Wildman–Crippen MR) is 95.9 cm³/mol. The summed E-state index contributed by atoms with van der Waals surface area (Å²) in [5.41, 5.74) is 3.29. The Morgan fingerprint density at radius 2 is 2.00 bits per heavy atom. The lowest BCUT2D eigenvalue weighted by Crippen LogP contribution is -2.28. The van der Waals surface area contributed by atoms with Crippen molar-refractivity contribution in [3.8, 4) is 11.3 Å². The molecule has 1 aromatic heterocycles. The van der Waals surface area contributed by atoms with Gasteiger partial charge in [-0.15, -0.1) is 23.7 Å². The number of thiazole rings is 1. The van der Waals surface area contributed by atoms with E-state index in [0.717, 1.165) is 17.7 Å². The number of hydrogen-bond acceptors (Lipinski definition) is 4. The van der Waals surface area contributed by atoms with Gasteiger partial charge in [-0.25, -0.2) is 4.98 Å². The van der Waals surface area contributed by atoms with E-state index in [2.05, 4.69) is 46.8 Å². The first-order chi connectivity index (χ1) is 10.1. The van der Waals surface area contributed by atoms with Crippen LogP contribution >= 0.6 is 23.7 Å². The van der Waals surface area contributed by atoms with Crippen molar-refractivity contribution in [3.05, 3.63) is 35.2 Å². The highest BCUT2D eigenvalue weighted by Gasteiger charge is 2.14. The van der Waals surface area contributed by atoms with Crippen LogP contribution in [0.15, 0.2) is 29.6 Å². The van der Waals surface area contributed by atoms with Gasteiger partial charge in [0.05, 0.1) is 5.69 Å². The summed E-state index contributed by atoms with van der Waals surface area (Å²) < 4.78 is 0. The Hall–Kier alpha value is -1.43. The van der Waals surface area contributed by atoms with Gasteiger partial charge >= 0.3 is 0 Å². The minimum Gasteiger partial charge on any atom is -0.319 e. The number of amides is 1. The monoisotopic (exact) mass is 339 g/mol. The SMILES string of the molecule is CCc1ccc(-c2csc(NC(=O)C(C)CNC)n2)cc1.Cl. The highest BCUT2D eigenvalue weighted by molar-refractivity contribution is 7.14. The second-order valence-corrected chi connectivity index (χ2v) is 5.89. The average molecular weight is 340 g/mol. The van der Waals surface area contributed by atoms with Gasteiger partial charge in [0.25, 0.3) is 0 Å². The molecule has 2 rings (SSSR count). The fourth-order valence-electron chi connectivity index (χ4n) is 2.00. The molecular weight excluding hydrogens is 318 g/mol. The fraction of sp³-hybridized carbons (Fsp3) is 0.375. The zero-order chi connectivity index (χ0) is 15.2. The lowest BCUT2D eigenvalue weighted by atomic mass is 10.1. The van der Waals surface area contributed by atoms with Crippen molar-refractivity contribution in [3.63, 3.8) is 0 Å². The first-order valence-corrected chi connectivity index (χ1v) is 8.02. The lowest BCUT2D eigenvalue weighted by Gasteiger charge is -2.09. The molecule has 0 aliphatic carbocycles. The highest BCUT2D eigenvalue weighted by atomic mass is 35.5. The molecule has 6 heteroatoms. The standard InChI is InChI=1S/C16H21N3OS.ClH/c1-4-12-5-7-13(8-6-12)14-10-21-16(18-14)19-15(20)11(2)9-17-3;/h5-8,10-11,17H,4,9H2,1-3H3,(H,18,19,20);1H. The van der Waals surface area contributed by atoms with E-state index in [1.165, 1.54) is 16.9 Å². The van der Waals surface area contributed by atoms with Gasteiger partial charge in [0.15, 0.2) is 5.13 Å². The summed E-state index contributed by atoms with van der Waals surface area (Å²) >= 11 is 1.45. The van der Waals surface area contributed by atoms with Gasteiger partial charge in [0.2, 0.25) is 5.91 Å². The number of halogens is 1. The predicted octanol–water partition coefficient (Wildman–Crippen LogP) is 3.59. The van der Waals surface area contributed by atoms with Gasteiger partial charge in [-0.1, -0.05) is 38.1 Å². The molecule has 2 aromatic rings. The van der Waals surface area contributed by atoms with Gasteiger partial charge in [0, 0.05) is 23.4 Å². The number of hydrogen-bond donors (Lipinski definition) is 2. The zero-order valence-corrected chi connectivity index (χ0v) is 14.7. The van der Waals surface area contributed by atoms with Crippen LogP contribution in [-0.2, 0) is 11.2 Å². The van der Waals surface area contributed by atoms with Crippen molar-refractivity contribution in [2.45, 2.75) is 20.3 Å². The third kappa shape index (κ3) is 4.80. The maximum Gasteiger partial charge on any atom is 0.230 e. The van der Waals surface area contributed by atoms with E-state index in [1.807, 2.05) is 19.4 Å². The molecule has 0 saturated carbocycles. The topological polar surface area (TPSA) is 54.0 Å². The van der Waals surface area contributed by atoms with Gasteiger partial charge in [0.1, 0.15) is 0 Å². The first kappa shape index (κ1) is 18.6. The molecule has 0 saturated heterocycles. The van der Waals surface area contributed by atoms with Crippen molar-refractivity contribution in [1.82, 2.24) is 10.3 Å². The van der Waals surface area contributed by atoms with Gasteiger partial charge in [-0.05, 0) is 19.0 Å². The van der Waals surface area contributed by atoms with Crippen LogP contribution < -0.4 is 10.6 Å². The summed E-state index contributed by atoms with van der Waals surface area (Å²) in [5, 5.41) is 8.49. The molecule has 0 spiro atoms. The van der Waals surface area contributed by atoms with Crippen LogP contribution in [0.4, 0.5) is 5.13 Å². The van der Waals surface area contributed by atoms with Gasteiger partial charge < -0.3 is 10.6 Å². The second kappa shape index (κ2) is 8.88. The van der Waals surface area contributed by atoms with Crippen LogP contribution in [0.3, 0.4) is 0 Å². The number of nitrogens with zero attached hydrogens (tertiary/aromatic N) is 1. The second-order valence-electron chi connectivity index (χ2n) is 5.04. The molecule has 1 heterocycles. The molecule has 0 aliphatic rings. The molecule has 0 bridgehead atoms. The Bertz CT molecular complexity index is 598. The number of carbonyl (C=O) groups excluding carboxylic acids is 1. The van der Waals surface area contributed by atoms with Crippen molar-refractivity contribution >= 4 is 34.8 Å². The number of anilines is 1. The minimum atomic E-state index is -0.0776. The van der Waals surface area contributed by atoms with E-state index in [0.29, 0.717) is 11.7 Å². The van der Waals surface area contributed by atoms with Gasteiger partial charge in [-0.2, -0.15) is 0 Å². The third-order valence-corrected chi connectivity index (χ3v) is 4.11. The number of benzene rings is 1. The summed E-state index contributed by atoms with van der Waals surface area (Å²) in [5.74, 6) is -0.0854. The van der Waals surface area contributed by atoms with Crippen LogP contribution in [0.1, 0.15) is 19.4 Å². The molecular formula is C16H22ClN3OS. The molecule has 120 valence electrons. The van der Waals surface area contributed by atoms with Crippen LogP contribution in [0.2, 0.25) is 0 Å². The Morgan fingerprint density at radius 3 is 2.59 bits per heavy atom. The van der Waals surface area contributed by atoms with E-state index < -0.39 is 0 Å². The molecule has 1 unspecified atom stereocenters. The molecule has 22 heavy (non-hydrogen) atoms. The summed E-state index contributed by atoms with van der Waals surface area (Å²) in [4.78, 5) is 16.4. The molecule has 0 radical (unpaired) electrons. The smallest absolute Gasteiger partial charge is 0.230 e. The Labute approximate surface area is 141 Å². The Balaban J connectivity index is 0.00000242. The summed E-state index contributed by atoms with van der Waals surface area (Å²) in [6.45, 7) is 4.68. The maximum atomic E-state index is 11.9. The molecule has 4 nitrogen and oxygen atoms in total. The first-order valence-electron chi connectivity index (χ1n) is 7.14. The lowest BCUT2D eigenvalue weighted by molar-refractivity contribution is -0.119. The molecule has 0 aliphatic heterocycles. The van der Waals surface area contributed by atoms with Crippen LogP contribution in [0, 0.1) is 5.92 Å². The Morgan fingerprint density at radius 1 is 1.32 bits per heavy atom. The maximum absolute atomic E-state index is 11.9.